The second-order valence-corrected chi connectivity index (χ2v) is 6.02. The second kappa shape index (κ2) is 10.5. The third kappa shape index (κ3) is 6.50. The van der Waals surface area contributed by atoms with E-state index < -0.39 is 36.1 Å². The minimum Gasteiger partial charge on any atom is -0.546 e. The zero-order valence-electron chi connectivity index (χ0n) is 15.7. The van der Waals surface area contributed by atoms with Crippen molar-refractivity contribution in [2.24, 2.45) is 0 Å². The summed E-state index contributed by atoms with van der Waals surface area (Å²) in [6, 6.07) is 11.8. The molecule has 0 bridgehead atoms. The normalized spacial score (nSPS) is 12.1. The van der Waals surface area contributed by atoms with Crippen LogP contribution < -0.4 is 10.2 Å². The molecule has 0 radical (unpaired) electrons. The van der Waals surface area contributed by atoms with Crippen LogP contribution in [0.25, 0.3) is 0 Å². The third-order valence-corrected chi connectivity index (χ3v) is 3.78. The average molecular weight is 450 g/mol. The number of aryl methyl sites for hydroxylation is 2. The van der Waals surface area contributed by atoms with Gasteiger partial charge in [-0.1, -0.05) is 35.4 Å². The van der Waals surface area contributed by atoms with Crippen LogP contribution in [-0.4, -0.2) is 36.1 Å². The Hall–Kier alpha value is -3.06. The largest absolute Gasteiger partial charge is 2.00 e. The minimum absolute atomic E-state index is 0. The maximum Gasteiger partial charge on any atom is 2.00 e. The van der Waals surface area contributed by atoms with Crippen molar-refractivity contribution >= 4 is 23.9 Å². The molecule has 0 N–H and O–H groups in total. The predicted octanol–water partition coefficient (Wildman–Crippen LogP) is -0.448. The number of carbonyl (C=O) groups excluding carboxylic acids is 4. The van der Waals surface area contributed by atoms with Gasteiger partial charge < -0.3 is 29.3 Å². The van der Waals surface area contributed by atoms with E-state index in [0.717, 1.165) is 11.1 Å². The van der Waals surface area contributed by atoms with Gasteiger partial charge in [-0.25, -0.2) is 9.59 Å². The van der Waals surface area contributed by atoms with Gasteiger partial charge >= 0.3 is 31.4 Å². The molecule has 2 atom stereocenters. The number of carboxylic acid groups (broad SMARTS) is 2. The SMILES string of the molecule is Cc1ccc(C(=O)OC(C(=O)[O-])C(OC(=O)c2ccc(C)cc2)C(=O)[O-])cc1.[Zn+2]. The van der Waals surface area contributed by atoms with Gasteiger partial charge in [-0.3, -0.25) is 0 Å². The van der Waals surface area contributed by atoms with Crippen LogP contribution in [0.15, 0.2) is 48.5 Å². The van der Waals surface area contributed by atoms with E-state index >= 15 is 0 Å². The van der Waals surface area contributed by atoms with Crippen LogP contribution in [0, 0.1) is 13.8 Å². The molecule has 2 unspecified atom stereocenters. The van der Waals surface area contributed by atoms with Crippen LogP contribution in [-0.2, 0) is 38.5 Å². The quantitative estimate of drug-likeness (QED) is 0.410. The zero-order valence-corrected chi connectivity index (χ0v) is 18.7. The number of ether oxygens (including phenoxy) is 2. The third-order valence-electron chi connectivity index (χ3n) is 3.78. The molecule has 2 rings (SSSR count). The summed E-state index contributed by atoms with van der Waals surface area (Å²) in [5.74, 6) is -6.34. The number of rotatable bonds is 7. The van der Waals surface area contributed by atoms with Gasteiger partial charge in [0, 0.05) is 0 Å². The van der Waals surface area contributed by atoms with Crippen LogP contribution in [0.4, 0.5) is 0 Å². The summed E-state index contributed by atoms with van der Waals surface area (Å²) in [5.41, 5.74) is 1.65. The van der Waals surface area contributed by atoms with E-state index in [1.807, 2.05) is 0 Å². The molecule has 9 heteroatoms. The first kappa shape index (κ1) is 24.0. The van der Waals surface area contributed by atoms with Crippen molar-refractivity contribution in [1.82, 2.24) is 0 Å². The Morgan fingerprint density at radius 1 is 0.655 bits per heavy atom. The Balaban J connectivity index is 0.00000420. The molecule has 0 saturated carbocycles. The van der Waals surface area contributed by atoms with Gasteiger partial charge in [0.1, 0.15) is 0 Å². The Labute approximate surface area is 179 Å². The van der Waals surface area contributed by atoms with Gasteiger partial charge in [-0.05, 0) is 38.1 Å². The molecular weight excluding hydrogens is 434 g/mol. The van der Waals surface area contributed by atoms with Crippen molar-refractivity contribution in [2.45, 2.75) is 26.1 Å². The number of carbonyl (C=O) groups is 4. The van der Waals surface area contributed by atoms with Crippen molar-refractivity contribution in [3.8, 4) is 0 Å². The van der Waals surface area contributed by atoms with Gasteiger partial charge in [-0.15, -0.1) is 0 Å². The van der Waals surface area contributed by atoms with Crippen LogP contribution in [0.5, 0.6) is 0 Å². The standard InChI is InChI=1S/C20H18O8.Zn/c1-11-3-7-13(8-4-11)19(25)27-15(17(21)22)16(18(23)24)28-20(26)14-9-5-12(2)6-10-14;/h3-10,15-16H,1-2H3,(H,21,22)(H,23,24);/q;+2/p-2. The van der Waals surface area contributed by atoms with Crippen molar-refractivity contribution in [2.75, 3.05) is 0 Å². The van der Waals surface area contributed by atoms with Gasteiger partial charge in [0.2, 0.25) is 0 Å². The summed E-state index contributed by atoms with van der Waals surface area (Å²) in [5, 5.41) is 22.7. The van der Waals surface area contributed by atoms with E-state index in [1.54, 1.807) is 38.1 Å². The molecule has 8 nitrogen and oxygen atoms in total. The molecule has 0 fully saturated rings. The fraction of sp³-hybridized carbons (Fsp3) is 0.200. The fourth-order valence-electron chi connectivity index (χ4n) is 2.21. The number of esters is 2. The average Bonchev–Trinajstić information content (AvgIpc) is 2.64. The fourth-order valence-corrected chi connectivity index (χ4v) is 2.21. The first-order valence-electron chi connectivity index (χ1n) is 8.16. The van der Waals surface area contributed by atoms with Gasteiger partial charge in [-0.2, -0.15) is 0 Å². The molecule has 2 aromatic rings. The van der Waals surface area contributed by atoms with Gasteiger partial charge in [0.15, 0.2) is 12.2 Å². The minimum atomic E-state index is -2.40. The molecule has 29 heavy (non-hydrogen) atoms. The van der Waals surface area contributed by atoms with E-state index in [0.29, 0.717) is 0 Å². The molecule has 0 aliphatic rings. The molecule has 0 aliphatic carbocycles. The van der Waals surface area contributed by atoms with Crippen molar-refractivity contribution < 1.29 is 58.3 Å². The summed E-state index contributed by atoms with van der Waals surface area (Å²) in [6.45, 7) is 3.55. The summed E-state index contributed by atoms with van der Waals surface area (Å²) >= 11 is 0. The molecule has 0 spiro atoms. The molecular formula is C20H16O8Zn. The summed E-state index contributed by atoms with van der Waals surface area (Å²) in [4.78, 5) is 47.0. The topological polar surface area (TPSA) is 133 Å². The molecule has 0 aromatic heterocycles. The molecule has 2 aromatic carbocycles. The van der Waals surface area contributed by atoms with E-state index in [1.165, 1.54) is 24.3 Å². The number of aliphatic carboxylic acids is 2. The van der Waals surface area contributed by atoms with Crippen molar-refractivity contribution in [1.29, 1.82) is 0 Å². The predicted molar refractivity (Wildman–Crippen MR) is 90.8 cm³/mol. The van der Waals surface area contributed by atoms with Crippen LogP contribution >= 0.6 is 0 Å². The van der Waals surface area contributed by atoms with Crippen LogP contribution in [0.2, 0.25) is 0 Å². The first-order chi connectivity index (χ1) is 13.2. The summed E-state index contributed by atoms with van der Waals surface area (Å²) < 4.78 is 9.44. The maximum absolute atomic E-state index is 12.1. The van der Waals surface area contributed by atoms with Crippen molar-refractivity contribution in [3.63, 3.8) is 0 Å². The number of hydrogen-bond donors (Lipinski definition) is 0. The van der Waals surface area contributed by atoms with E-state index in [2.05, 4.69) is 0 Å². The molecule has 0 saturated heterocycles. The number of carboxylic acids is 2. The number of hydrogen-bond acceptors (Lipinski definition) is 8. The van der Waals surface area contributed by atoms with Gasteiger partial charge in [0.25, 0.3) is 0 Å². The zero-order chi connectivity index (χ0) is 20.8. The Morgan fingerprint density at radius 2 is 0.931 bits per heavy atom. The van der Waals surface area contributed by atoms with Crippen LogP contribution in [0.3, 0.4) is 0 Å². The van der Waals surface area contributed by atoms with E-state index in [9.17, 15) is 29.4 Å². The molecule has 146 valence electrons. The molecule has 0 amide bonds. The Kier molecular flexibility index (Phi) is 8.66. The molecule has 0 aliphatic heterocycles. The van der Waals surface area contributed by atoms with Crippen LogP contribution in [0.1, 0.15) is 31.8 Å². The Morgan fingerprint density at radius 3 is 1.17 bits per heavy atom. The monoisotopic (exact) mass is 448 g/mol. The summed E-state index contributed by atoms with van der Waals surface area (Å²) in [6.07, 6.45) is -4.79. The van der Waals surface area contributed by atoms with E-state index in [4.69, 9.17) is 9.47 Å². The van der Waals surface area contributed by atoms with E-state index in [-0.39, 0.29) is 30.6 Å². The van der Waals surface area contributed by atoms with Gasteiger partial charge in [0.05, 0.1) is 23.1 Å². The van der Waals surface area contributed by atoms with Crippen molar-refractivity contribution in [3.05, 3.63) is 70.8 Å². The molecule has 0 heterocycles. The first-order valence-corrected chi connectivity index (χ1v) is 8.16. The smallest absolute Gasteiger partial charge is 0.546 e. The Bertz CT molecular complexity index is 814. The summed E-state index contributed by atoms with van der Waals surface area (Å²) in [7, 11) is 0. The second-order valence-electron chi connectivity index (χ2n) is 6.02. The number of benzene rings is 2. The maximum atomic E-state index is 12.1.